The summed E-state index contributed by atoms with van der Waals surface area (Å²) in [6.07, 6.45) is 4.98. The van der Waals surface area contributed by atoms with E-state index in [1.807, 2.05) is 29.1 Å². The molecule has 3 rings (SSSR count). The highest BCUT2D eigenvalue weighted by Gasteiger charge is 2.27. The van der Waals surface area contributed by atoms with Crippen LogP contribution >= 0.6 is 0 Å². The lowest BCUT2D eigenvalue weighted by Crippen LogP contribution is -2.45. The zero-order chi connectivity index (χ0) is 13.9. The maximum Gasteiger partial charge on any atom is 0.220 e. The summed E-state index contributed by atoms with van der Waals surface area (Å²) in [5.41, 5.74) is 8.25. The van der Waals surface area contributed by atoms with Gasteiger partial charge < -0.3 is 11.1 Å². The number of aromatic nitrogens is 2. The van der Waals surface area contributed by atoms with Gasteiger partial charge in [-0.25, -0.2) is 0 Å². The first kappa shape index (κ1) is 12.9. The minimum absolute atomic E-state index is 0.0397. The Morgan fingerprint density at radius 1 is 1.35 bits per heavy atom. The van der Waals surface area contributed by atoms with Crippen molar-refractivity contribution >= 4 is 5.91 Å². The monoisotopic (exact) mass is 270 g/mol. The van der Waals surface area contributed by atoms with Gasteiger partial charge in [-0.2, -0.15) is 5.10 Å². The first-order valence-corrected chi connectivity index (χ1v) is 6.83. The highest BCUT2D eigenvalue weighted by molar-refractivity contribution is 5.77. The van der Waals surface area contributed by atoms with Gasteiger partial charge in [-0.15, -0.1) is 0 Å². The molecule has 3 N–H and O–H groups in total. The molecule has 1 fully saturated rings. The van der Waals surface area contributed by atoms with E-state index in [2.05, 4.69) is 22.5 Å². The Kier molecular flexibility index (Phi) is 3.52. The Bertz CT molecular complexity index is 593. The van der Waals surface area contributed by atoms with Crippen LogP contribution in [-0.4, -0.2) is 21.7 Å². The molecule has 2 heterocycles. The maximum absolute atomic E-state index is 11.5. The number of hydrogen-bond acceptors (Lipinski definition) is 3. The fraction of sp³-hybridized carbons (Fsp3) is 0.333. The van der Waals surface area contributed by atoms with Crippen LogP contribution in [0.2, 0.25) is 0 Å². The summed E-state index contributed by atoms with van der Waals surface area (Å²) in [5, 5.41) is 7.30. The molecule has 1 aromatic heterocycles. The zero-order valence-electron chi connectivity index (χ0n) is 11.2. The molecular weight excluding hydrogens is 252 g/mol. The Morgan fingerprint density at radius 3 is 2.95 bits per heavy atom. The van der Waals surface area contributed by atoms with Crippen LogP contribution in [-0.2, 0) is 11.3 Å². The highest BCUT2D eigenvalue weighted by atomic mass is 16.1. The largest absolute Gasteiger partial charge is 0.348 e. The third-order valence-corrected chi connectivity index (χ3v) is 3.65. The van der Waals surface area contributed by atoms with Gasteiger partial charge in [-0.1, -0.05) is 30.3 Å². The van der Waals surface area contributed by atoms with Crippen molar-refractivity contribution < 1.29 is 4.79 Å². The predicted molar refractivity (Wildman–Crippen MR) is 75.9 cm³/mol. The van der Waals surface area contributed by atoms with Gasteiger partial charge in [0, 0.05) is 24.2 Å². The van der Waals surface area contributed by atoms with E-state index in [4.69, 9.17) is 5.73 Å². The summed E-state index contributed by atoms with van der Waals surface area (Å²) in [4.78, 5) is 11.5. The standard InChI is InChI=1S/C15H18N4O/c16-13-6-7-14(20)18-15(13)12-8-17-19(10-12)9-11-4-2-1-3-5-11/h1-5,8,10,13,15H,6-7,9,16H2,(H,18,20). The minimum Gasteiger partial charge on any atom is -0.348 e. The van der Waals surface area contributed by atoms with Crippen LogP contribution in [0.15, 0.2) is 42.7 Å². The van der Waals surface area contributed by atoms with Crippen molar-refractivity contribution in [3.63, 3.8) is 0 Å². The average Bonchev–Trinajstić information content (AvgIpc) is 2.91. The number of nitrogens with one attached hydrogen (secondary N) is 1. The smallest absolute Gasteiger partial charge is 0.220 e. The number of nitrogens with zero attached hydrogens (tertiary/aromatic N) is 2. The second-order valence-electron chi connectivity index (χ2n) is 5.20. The first-order valence-electron chi connectivity index (χ1n) is 6.83. The van der Waals surface area contributed by atoms with E-state index < -0.39 is 0 Å². The number of carbonyl (C=O) groups is 1. The molecule has 0 saturated carbocycles. The summed E-state index contributed by atoms with van der Waals surface area (Å²) in [6.45, 7) is 0.719. The molecule has 20 heavy (non-hydrogen) atoms. The molecule has 1 saturated heterocycles. The molecule has 2 unspecified atom stereocenters. The van der Waals surface area contributed by atoms with Crippen molar-refractivity contribution in [2.75, 3.05) is 0 Å². The van der Waals surface area contributed by atoms with Crippen LogP contribution in [0.1, 0.15) is 30.0 Å². The van der Waals surface area contributed by atoms with Crippen molar-refractivity contribution in [2.45, 2.75) is 31.5 Å². The summed E-state index contributed by atoms with van der Waals surface area (Å²) >= 11 is 0. The van der Waals surface area contributed by atoms with Gasteiger partial charge in [0.2, 0.25) is 5.91 Å². The van der Waals surface area contributed by atoms with Gasteiger partial charge in [0.15, 0.2) is 0 Å². The molecule has 5 heteroatoms. The molecule has 0 radical (unpaired) electrons. The Labute approximate surface area is 117 Å². The van der Waals surface area contributed by atoms with Crippen molar-refractivity contribution in [1.82, 2.24) is 15.1 Å². The van der Waals surface area contributed by atoms with Crippen molar-refractivity contribution in [2.24, 2.45) is 5.73 Å². The molecule has 1 amide bonds. The lowest BCUT2D eigenvalue weighted by atomic mass is 9.95. The molecular formula is C15H18N4O. The van der Waals surface area contributed by atoms with Gasteiger partial charge in [0.1, 0.15) is 0 Å². The highest BCUT2D eigenvalue weighted by Crippen LogP contribution is 2.22. The SMILES string of the molecule is NC1CCC(=O)NC1c1cnn(Cc2ccccc2)c1. The maximum atomic E-state index is 11.5. The molecule has 5 nitrogen and oxygen atoms in total. The number of carbonyl (C=O) groups excluding carboxylic acids is 1. The Balaban J connectivity index is 1.74. The van der Waals surface area contributed by atoms with E-state index in [1.54, 1.807) is 6.20 Å². The summed E-state index contributed by atoms with van der Waals surface area (Å²) in [7, 11) is 0. The molecule has 0 aliphatic carbocycles. The third-order valence-electron chi connectivity index (χ3n) is 3.65. The number of benzene rings is 1. The quantitative estimate of drug-likeness (QED) is 0.880. The fourth-order valence-electron chi connectivity index (χ4n) is 2.54. The zero-order valence-corrected chi connectivity index (χ0v) is 11.2. The number of amides is 1. The number of hydrogen-bond donors (Lipinski definition) is 2. The van der Waals surface area contributed by atoms with Gasteiger partial charge in [0.25, 0.3) is 0 Å². The molecule has 1 aliphatic rings. The molecule has 2 atom stereocenters. The summed E-state index contributed by atoms with van der Waals surface area (Å²) < 4.78 is 1.87. The number of piperidine rings is 1. The van der Waals surface area contributed by atoms with E-state index in [0.717, 1.165) is 18.5 Å². The topological polar surface area (TPSA) is 72.9 Å². The Morgan fingerprint density at radius 2 is 2.15 bits per heavy atom. The van der Waals surface area contributed by atoms with Gasteiger partial charge >= 0.3 is 0 Å². The van der Waals surface area contributed by atoms with E-state index in [0.29, 0.717) is 6.42 Å². The summed E-state index contributed by atoms with van der Waals surface area (Å²) in [6, 6.07) is 9.98. The van der Waals surface area contributed by atoms with Gasteiger partial charge in [-0.3, -0.25) is 9.48 Å². The summed E-state index contributed by atoms with van der Waals surface area (Å²) in [5.74, 6) is 0.0625. The molecule has 1 aromatic carbocycles. The molecule has 0 spiro atoms. The number of nitrogens with two attached hydrogens (primary N) is 1. The predicted octanol–water partition coefficient (Wildman–Crippen LogP) is 1.21. The second-order valence-corrected chi connectivity index (χ2v) is 5.20. The molecule has 1 aliphatic heterocycles. The lowest BCUT2D eigenvalue weighted by molar-refractivity contribution is -0.123. The lowest BCUT2D eigenvalue weighted by Gasteiger charge is -2.28. The van der Waals surface area contributed by atoms with E-state index in [9.17, 15) is 4.79 Å². The van der Waals surface area contributed by atoms with E-state index in [1.165, 1.54) is 5.56 Å². The fourth-order valence-corrected chi connectivity index (χ4v) is 2.54. The third kappa shape index (κ3) is 2.72. The van der Waals surface area contributed by atoms with Gasteiger partial charge in [-0.05, 0) is 12.0 Å². The van der Waals surface area contributed by atoms with Crippen LogP contribution in [0, 0.1) is 0 Å². The van der Waals surface area contributed by atoms with Crippen molar-refractivity contribution in [1.29, 1.82) is 0 Å². The van der Waals surface area contributed by atoms with Crippen molar-refractivity contribution in [3.8, 4) is 0 Å². The molecule has 104 valence electrons. The van der Waals surface area contributed by atoms with Crippen LogP contribution < -0.4 is 11.1 Å². The van der Waals surface area contributed by atoms with Crippen molar-refractivity contribution in [3.05, 3.63) is 53.9 Å². The van der Waals surface area contributed by atoms with Crippen LogP contribution in [0.5, 0.6) is 0 Å². The number of rotatable bonds is 3. The van der Waals surface area contributed by atoms with Crippen LogP contribution in [0.3, 0.4) is 0 Å². The normalized spacial score (nSPS) is 22.6. The van der Waals surface area contributed by atoms with E-state index in [-0.39, 0.29) is 18.0 Å². The van der Waals surface area contributed by atoms with Gasteiger partial charge in [0.05, 0.1) is 18.8 Å². The van der Waals surface area contributed by atoms with E-state index >= 15 is 0 Å². The van der Waals surface area contributed by atoms with Crippen LogP contribution in [0.4, 0.5) is 0 Å². The Hall–Kier alpha value is -2.14. The second kappa shape index (κ2) is 5.46. The first-order chi connectivity index (χ1) is 9.72. The van der Waals surface area contributed by atoms with Crippen LogP contribution in [0.25, 0.3) is 0 Å². The molecule has 0 bridgehead atoms. The molecule has 2 aromatic rings. The average molecular weight is 270 g/mol. The minimum atomic E-state index is -0.124.